The second kappa shape index (κ2) is 5.96. The van der Waals surface area contributed by atoms with Gasteiger partial charge in [0.05, 0.1) is 4.92 Å². The van der Waals surface area contributed by atoms with Crippen molar-refractivity contribution in [2.45, 2.75) is 24.3 Å². The minimum Gasteiger partial charge on any atom is -0.399 e. The zero-order valence-corrected chi connectivity index (χ0v) is 13.3. The molecule has 0 unspecified atom stereocenters. The van der Waals surface area contributed by atoms with Crippen LogP contribution in [-0.2, 0) is 10.0 Å². The van der Waals surface area contributed by atoms with Gasteiger partial charge in [-0.2, -0.15) is 0 Å². The van der Waals surface area contributed by atoms with Crippen molar-refractivity contribution >= 4 is 21.4 Å². The quantitative estimate of drug-likeness (QED) is 0.455. The Morgan fingerprint density at radius 1 is 1.38 bits per heavy atom. The molecule has 0 fully saturated rings. The molecule has 9 heteroatoms. The first kappa shape index (κ1) is 17.3. The number of nitrogens with two attached hydrogens (primary N) is 1. The smallest absolute Gasteiger partial charge is 0.291 e. The van der Waals surface area contributed by atoms with E-state index in [9.17, 15) is 18.5 Å². The Morgan fingerprint density at radius 3 is 2.43 bits per heavy atom. The summed E-state index contributed by atoms with van der Waals surface area (Å²) in [6.45, 7) is 3.82. The number of hydrogen-bond donors (Lipinski definition) is 2. The summed E-state index contributed by atoms with van der Waals surface area (Å²) in [4.78, 5) is 11.7. The number of benzene rings is 1. The number of anilines is 1. The molecule has 3 N–H and O–H groups in total. The first-order valence-electron chi connectivity index (χ1n) is 6.18. The third kappa shape index (κ3) is 4.13. The summed E-state index contributed by atoms with van der Waals surface area (Å²) in [6, 6.07) is 3.49. The lowest BCUT2D eigenvalue weighted by Crippen LogP contribution is -2.48. The first-order chi connectivity index (χ1) is 9.47. The van der Waals surface area contributed by atoms with Crippen molar-refractivity contribution in [1.82, 2.24) is 9.62 Å². The molecule has 0 amide bonds. The second-order valence-electron chi connectivity index (χ2n) is 5.52. The van der Waals surface area contributed by atoms with Gasteiger partial charge in [0.2, 0.25) is 10.0 Å². The van der Waals surface area contributed by atoms with Gasteiger partial charge < -0.3 is 10.6 Å². The van der Waals surface area contributed by atoms with Gasteiger partial charge in [0.15, 0.2) is 4.90 Å². The maximum atomic E-state index is 12.3. The van der Waals surface area contributed by atoms with E-state index < -0.39 is 31.1 Å². The van der Waals surface area contributed by atoms with Crippen molar-refractivity contribution in [1.29, 1.82) is 0 Å². The molecule has 1 aromatic carbocycles. The lowest BCUT2D eigenvalue weighted by molar-refractivity contribution is -0.387. The molecule has 1 rings (SSSR count). The standard InChI is InChI=1S/C12H20N4O4S/c1-12(2,15(3)4)8-14-21(19,20)11-6-5-9(13)7-10(11)16(17)18/h5-7,14H,8,13H2,1-4H3. The molecule has 0 atom stereocenters. The monoisotopic (exact) mass is 316 g/mol. The van der Waals surface area contributed by atoms with Crippen LogP contribution in [0.25, 0.3) is 0 Å². The topological polar surface area (TPSA) is 119 Å². The highest BCUT2D eigenvalue weighted by Gasteiger charge is 2.29. The van der Waals surface area contributed by atoms with Crippen LogP contribution in [0.3, 0.4) is 0 Å². The van der Waals surface area contributed by atoms with E-state index in [1.54, 1.807) is 0 Å². The van der Waals surface area contributed by atoms with Crippen molar-refractivity contribution in [3.63, 3.8) is 0 Å². The Morgan fingerprint density at radius 2 is 1.95 bits per heavy atom. The number of hydrogen-bond acceptors (Lipinski definition) is 6. The van der Waals surface area contributed by atoms with Gasteiger partial charge in [-0.05, 0) is 40.1 Å². The Hall–Kier alpha value is -1.71. The van der Waals surface area contributed by atoms with Gasteiger partial charge in [0, 0.05) is 23.8 Å². The Labute approximate surface area is 124 Å². The molecule has 0 saturated carbocycles. The highest BCUT2D eigenvalue weighted by molar-refractivity contribution is 7.89. The third-order valence-corrected chi connectivity index (χ3v) is 4.82. The zero-order valence-electron chi connectivity index (χ0n) is 12.5. The molecular formula is C12H20N4O4S. The molecule has 21 heavy (non-hydrogen) atoms. The summed E-state index contributed by atoms with van der Waals surface area (Å²) in [5, 5.41) is 11.0. The second-order valence-corrected chi connectivity index (χ2v) is 7.25. The summed E-state index contributed by atoms with van der Waals surface area (Å²) in [5.41, 5.74) is 4.63. The minimum absolute atomic E-state index is 0.115. The largest absolute Gasteiger partial charge is 0.399 e. The van der Waals surface area contributed by atoms with E-state index in [1.165, 1.54) is 6.07 Å². The van der Waals surface area contributed by atoms with Crippen LogP contribution in [0, 0.1) is 10.1 Å². The summed E-state index contributed by atoms with van der Waals surface area (Å²) in [5.74, 6) is 0. The van der Waals surface area contributed by atoms with Crippen molar-refractivity contribution < 1.29 is 13.3 Å². The molecule has 0 spiro atoms. The average Bonchev–Trinajstić information content (AvgIpc) is 2.36. The van der Waals surface area contributed by atoms with Crippen LogP contribution in [0.2, 0.25) is 0 Å². The number of sulfonamides is 1. The number of nitrogens with zero attached hydrogens (tertiary/aromatic N) is 2. The molecule has 0 aromatic heterocycles. The van der Waals surface area contributed by atoms with Crippen LogP contribution in [0.4, 0.5) is 11.4 Å². The number of rotatable bonds is 6. The lowest BCUT2D eigenvalue weighted by atomic mass is 10.1. The van der Waals surface area contributed by atoms with Gasteiger partial charge in [0.25, 0.3) is 5.69 Å². The predicted octanol–water partition coefficient (Wildman–Crippen LogP) is 0.796. The number of nitrogens with one attached hydrogen (secondary N) is 1. The SMILES string of the molecule is CN(C)C(C)(C)CNS(=O)(=O)c1ccc(N)cc1[N+](=O)[O-]. The number of nitro benzene ring substituents is 1. The molecule has 1 aromatic rings. The van der Waals surface area contributed by atoms with E-state index >= 15 is 0 Å². The van der Waals surface area contributed by atoms with Gasteiger partial charge in [-0.15, -0.1) is 0 Å². The molecule has 0 aliphatic carbocycles. The van der Waals surface area contributed by atoms with Crippen molar-refractivity contribution in [3.05, 3.63) is 28.3 Å². The van der Waals surface area contributed by atoms with Crippen LogP contribution in [0.1, 0.15) is 13.8 Å². The number of nitro groups is 1. The Bertz CT molecular complexity index is 641. The van der Waals surface area contributed by atoms with Crippen molar-refractivity contribution in [2.75, 3.05) is 26.4 Å². The normalized spacial score (nSPS) is 12.6. The average molecular weight is 316 g/mol. The van der Waals surface area contributed by atoms with Crippen LogP contribution < -0.4 is 10.5 Å². The van der Waals surface area contributed by atoms with Crippen LogP contribution in [0.5, 0.6) is 0 Å². The number of likely N-dealkylation sites (N-methyl/N-ethyl adjacent to an activating group) is 1. The summed E-state index contributed by atoms with van der Waals surface area (Å²) in [7, 11) is -0.354. The fourth-order valence-electron chi connectivity index (χ4n) is 1.41. The van der Waals surface area contributed by atoms with Gasteiger partial charge in [-0.25, -0.2) is 13.1 Å². The summed E-state index contributed by atoms with van der Waals surface area (Å²) in [6.07, 6.45) is 0. The van der Waals surface area contributed by atoms with Crippen LogP contribution in [0.15, 0.2) is 23.1 Å². The van der Waals surface area contributed by atoms with E-state index in [0.29, 0.717) is 0 Å². The molecule has 0 heterocycles. The maximum Gasteiger partial charge on any atom is 0.291 e. The van der Waals surface area contributed by atoms with E-state index in [0.717, 1.165) is 12.1 Å². The van der Waals surface area contributed by atoms with Crippen LogP contribution >= 0.6 is 0 Å². The van der Waals surface area contributed by atoms with E-state index in [2.05, 4.69) is 4.72 Å². The Kier molecular flexibility index (Phi) is 4.92. The van der Waals surface area contributed by atoms with Gasteiger partial charge in [0.1, 0.15) is 0 Å². The van der Waals surface area contributed by atoms with E-state index in [1.807, 2.05) is 32.8 Å². The van der Waals surface area contributed by atoms with Crippen LogP contribution in [-0.4, -0.2) is 44.4 Å². The van der Waals surface area contributed by atoms with Crippen molar-refractivity contribution in [3.8, 4) is 0 Å². The van der Waals surface area contributed by atoms with E-state index in [4.69, 9.17) is 5.73 Å². The maximum absolute atomic E-state index is 12.3. The lowest BCUT2D eigenvalue weighted by Gasteiger charge is -2.32. The summed E-state index contributed by atoms with van der Waals surface area (Å²) < 4.78 is 26.9. The van der Waals surface area contributed by atoms with Gasteiger partial charge >= 0.3 is 0 Å². The fraction of sp³-hybridized carbons (Fsp3) is 0.500. The molecule has 0 aliphatic rings. The first-order valence-corrected chi connectivity index (χ1v) is 7.67. The molecule has 118 valence electrons. The predicted molar refractivity (Wildman–Crippen MR) is 80.5 cm³/mol. The molecule has 8 nitrogen and oxygen atoms in total. The minimum atomic E-state index is -3.99. The van der Waals surface area contributed by atoms with Gasteiger partial charge in [-0.1, -0.05) is 0 Å². The summed E-state index contributed by atoms with van der Waals surface area (Å²) >= 11 is 0. The molecular weight excluding hydrogens is 296 g/mol. The Balaban J connectivity index is 3.12. The number of nitrogen functional groups attached to an aromatic ring is 1. The molecule has 0 bridgehead atoms. The molecule has 0 aliphatic heterocycles. The highest BCUT2D eigenvalue weighted by atomic mass is 32.2. The van der Waals surface area contributed by atoms with Gasteiger partial charge in [-0.3, -0.25) is 10.1 Å². The van der Waals surface area contributed by atoms with Crippen molar-refractivity contribution in [2.24, 2.45) is 0 Å². The molecule has 0 saturated heterocycles. The fourth-order valence-corrected chi connectivity index (χ4v) is 2.77. The van der Waals surface area contributed by atoms with E-state index in [-0.39, 0.29) is 12.2 Å². The highest BCUT2D eigenvalue weighted by Crippen LogP contribution is 2.26. The third-order valence-electron chi connectivity index (χ3n) is 3.37. The zero-order chi connectivity index (χ0) is 16.4. The molecule has 0 radical (unpaired) electrons.